The molecule has 0 fully saturated rings. The van der Waals surface area contributed by atoms with E-state index in [1.54, 1.807) is 25.1 Å². The lowest BCUT2D eigenvalue weighted by Gasteiger charge is -2.00. The predicted molar refractivity (Wildman–Crippen MR) is 119 cm³/mol. The zero-order valence-electron chi connectivity index (χ0n) is 17.2. The second kappa shape index (κ2) is 18.2. The number of aliphatic imine (C=N–C) groups is 2. The highest BCUT2D eigenvalue weighted by atomic mass is 16.1. The van der Waals surface area contributed by atoms with Crippen molar-refractivity contribution in [2.45, 2.75) is 13.3 Å². The molecular weight excluding hydrogens is 408 g/mol. The van der Waals surface area contributed by atoms with Gasteiger partial charge in [-0.2, -0.15) is 9.98 Å². The van der Waals surface area contributed by atoms with Gasteiger partial charge in [0.05, 0.1) is 11.4 Å². The van der Waals surface area contributed by atoms with E-state index in [1.807, 2.05) is 0 Å². The van der Waals surface area contributed by atoms with Crippen molar-refractivity contribution < 1.29 is 19.2 Å². The van der Waals surface area contributed by atoms with Crippen LogP contribution in [0.4, 0.5) is 11.4 Å². The van der Waals surface area contributed by atoms with Crippen molar-refractivity contribution >= 4 is 35.7 Å². The largest absolute Gasteiger partial charge is 0.240 e. The number of rotatable bonds is 4. The quantitative estimate of drug-likeness (QED) is 0.445. The molecule has 32 heavy (non-hydrogen) atoms. The number of hydrogen-bond acceptors (Lipinski definition) is 8. The van der Waals surface area contributed by atoms with Gasteiger partial charge in [-0.25, -0.2) is 30.0 Å². The Balaban J connectivity index is 0.000000483. The molecule has 0 heterocycles. The van der Waals surface area contributed by atoms with Gasteiger partial charge in [0.15, 0.2) is 0 Å². The summed E-state index contributed by atoms with van der Waals surface area (Å²) >= 11 is 0. The SMILES string of the molecule is Cc1c(N=C=O)cccc1N=C=O.N=C=O.N=C=O.c1ccc(Cc2ccccc2)cc1. The first-order valence-corrected chi connectivity index (χ1v) is 8.98. The topological polar surface area (TPSA) is 141 Å². The van der Waals surface area contributed by atoms with Crippen molar-refractivity contribution in [3.8, 4) is 0 Å². The molecule has 0 unspecified atom stereocenters. The Hall–Kier alpha value is -4.82. The maximum atomic E-state index is 10.00. The van der Waals surface area contributed by atoms with Crippen LogP contribution in [0.3, 0.4) is 0 Å². The zero-order valence-corrected chi connectivity index (χ0v) is 17.2. The summed E-state index contributed by atoms with van der Waals surface area (Å²) in [6.45, 7) is 1.71. The third-order valence-electron chi connectivity index (χ3n) is 3.70. The van der Waals surface area contributed by atoms with Gasteiger partial charge < -0.3 is 0 Å². The van der Waals surface area contributed by atoms with Crippen LogP contribution in [0.25, 0.3) is 0 Å². The van der Waals surface area contributed by atoms with Crippen LogP contribution in [-0.2, 0) is 25.6 Å². The third-order valence-corrected chi connectivity index (χ3v) is 3.70. The van der Waals surface area contributed by atoms with E-state index in [1.165, 1.54) is 23.3 Å². The van der Waals surface area contributed by atoms with Crippen LogP contribution >= 0.6 is 0 Å². The van der Waals surface area contributed by atoms with Crippen molar-refractivity contribution in [3.05, 3.63) is 95.6 Å². The number of nitrogens with one attached hydrogen (secondary N) is 2. The van der Waals surface area contributed by atoms with Gasteiger partial charge in [0.1, 0.15) is 0 Å². The number of benzene rings is 3. The fourth-order valence-electron chi connectivity index (χ4n) is 2.38. The van der Waals surface area contributed by atoms with E-state index in [0.717, 1.165) is 18.6 Å². The summed E-state index contributed by atoms with van der Waals surface area (Å²) in [6, 6.07) is 26.0. The molecule has 0 bridgehead atoms. The summed E-state index contributed by atoms with van der Waals surface area (Å²) < 4.78 is 0. The molecule has 0 amide bonds. The molecule has 0 aliphatic rings. The van der Waals surface area contributed by atoms with E-state index in [-0.39, 0.29) is 0 Å². The molecule has 0 atom stereocenters. The van der Waals surface area contributed by atoms with E-state index in [2.05, 4.69) is 70.6 Å². The summed E-state index contributed by atoms with van der Waals surface area (Å²) in [4.78, 5) is 43.6. The fraction of sp³-hybridized carbons (Fsp3) is 0.0833. The fourth-order valence-corrected chi connectivity index (χ4v) is 2.38. The highest BCUT2D eigenvalue weighted by molar-refractivity contribution is 5.64. The molecule has 0 saturated carbocycles. The van der Waals surface area contributed by atoms with Crippen molar-refractivity contribution in [3.63, 3.8) is 0 Å². The molecule has 0 saturated heterocycles. The molecule has 3 aromatic carbocycles. The number of carbonyl (C=O) groups excluding carboxylic acids is 4. The average Bonchev–Trinajstić information content (AvgIpc) is 2.80. The Kier molecular flexibility index (Phi) is 15.5. The van der Waals surface area contributed by atoms with Gasteiger partial charge in [-0.05, 0) is 36.6 Å². The summed E-state index contributed by atoms with van der Waals surface area (Å²) in [5.74, 6) is 0. The van der Waals surface area contributed by atoms with Gasteiger partial charge in [0.25, 0.3) is 0 Å². The van der Waals surface area contributed by atoms with Gasteiger partial charge in [0.2, 0.25) is 24.3 Å². The third kappa shape index (κ3) is 11.9. The van der Waals surface area contributed by atoms with Crippen LogP contribution in [0.2, 0.25) is 0 Å². The molecule has 0 aromatic heterocycles. The molecule has 2 N–H and O–H groups in total. The second-order valence-electron chi connectivity index (χ2n) is 5.68. The van der Waals surface area contributed by atoms with Crippen LogP contribution in [0.15, 0.2) is 88.8 Å². The molecule has 0 aliphatic heterocycles. The Morgan fingerprint density at radius 2 is 0.969 bits per heavy atom. The molecule has 0 aliphatic carbocycles. The monoisotopic (exact) mass is 428 g/mol. The van der Waals surface area contributed by atoms with Crippen LogP contribution in [0.5, 0.6) is 0 Å². The molecular formula is C24H20N4O4. The van der Waals surface area contributed by atoms with Gasteiger partial charge in [-0.3, -0.25) is 0 Å². The van der Waals surface area contributed by atoms with E-state index >= 15 is 0 Å². The lowest BCUT2D eigenvalue weighted by molar-refractivity contribution is 0.562. The minimum absolute atomic E-state index is 0.464. The number of hydrogen-bond donors (Lipinski definition) is 2. The van der Waals surface area contributed by atoms with E-state index in [9.17, 15) is 9.59 Å². The maximum Gasteiger partial charge on any atom is 0.240 e. The Morgan fingerprint density at radius 1 is 0.625 bits per heavy atom. The molecule has 8 nitrogen and oxygen atoms in total. The Morgan fingerprint density at radius 3 is 1.28 bits per heavy atom. The van der Waals surface area contributed by atoms with Gasteiger partial charge in [0, 0.05) is 5.56 Å². The van der Waals surface area contributed by atoms with Crippen molar-refractivity contribution in [2.75, 3.05) is 0 Å². The van der Waals surface area contributed by atoms with Crippen molar-refractivity contribution in [1.82, 2.24) is 0 Å². The van der Waals surface area contributed by atoms with E-state index in [4.69, 9.17) is 20.4 Å². The smallest absolute Gasteiger partial charge is 0.222 e. The summed E-state index contributed by atoms with van der Waals surface area (Å²) in [7, 11) is 0. The highest BCUT2D eigenvalue weighted by Gasteiger charge is 2.00. The second-order valence-corrected chi connectivity index (χ2v) is 5.68. The Labute approximate surface area is 185 Å². The minimum Gasteiger partial charge on any atom is -0.222 e. The van der Waals surface area contributed by atoms with E-state index in [0.29, 0.717) is 16.9 Å². The first kappa shape index (κ1) is 27.2. The predicted octanol–water partition coefficient (Wildman–Crippen LogP) is 5.01. The summed E-state index contributed by atoms with van der Waals surface area (Å²) in [5.41, 5.74) is 4.33. The van der Waals surface area contributed by atoms with Gasteiger partial charge in [-0.15, -0.1) is 0 Å². The van der Waals surface area contributed by atoms with E-state index < -0.39 is 0 Å². The molecule has 8 heteroatoms. The lowest BCUT2D eigenvalue weighted by Crippen LogP contribution is -1.85. The average molecular weight is 428 g/mol. The summed E-state index contributed by atoms with van der Waals surface area (Å²) in [6.07, 6.45) is 5.39. The summed E-state index contributed by atoms with van der Waals surface area (Å²) in [5, 5.41) is 10.8. The lowest BCUT2D eigenvalue weighted by atomic mass is 10.1. The van der Waals surface area contributed by atoms with Crippen LogP contribution < -0.4 is 0 Å². The number of nitrogens with zero attached hydrogens (tertiary/aromatic N) is 2. The van der Waals surface area contributed by atoms with Crippen LogP contribution in [0.1, 0.15) is 16.7 Å². The Bertz CT molecular complexity index is 1020. The highest BCUT2D eigenvalue weighted by Crippen LogP contribution is 2.26. The van der Waals surface area contributed by atoms with Crippen molar-refractivity contribution in [1.29, 1.82) is 10.8 Å². The van der Waals surface area contributed by atoms with Crippen LogP contribution in [0, 0.1) is 17.7 Å². The molecule has 0 radical (unpaired) electrons. The zero-order chi connectivity index (χ0) is 24.0. The van der Waals surface area contributed by atoms with Crippen LogP contribution in [-0.4, -0.2) is 24.3 Å². The maximum absolute atomic E-state index is 10.00. The van der Waals surface area contributed by atoms with Crippen molar-refractivity contribution in [2.24, 2.45) is 9.98 Å². The first-order valence-electron chi connectivity index (χ1n) is 8.98. The molecule has 3 rings (SSSR count). The minimum atomic E-state index is 0.464. The normalized spacial score (nSPS) is 7.91. The van der Waals surface area contributed by atoms with Gasteiger partial charge in [-0.1, -0.05) is 66.7 Å². The molecule has 3 aromatic rings. The molecule has 160 valence electrons. The first-order chi connectivity index (χ1) is 15.6. The number of isocyanates is 4. The molecule has 0 spiro atoms. The standard InChI is InChI=1S/C13H12.C9H6N2O2.2CHNO/c1-3-7-12(8-4-1)11-13-9-5-2-6-10-13;1-7-8(10-5-12)3-2-4-9(7)11-6-13;2*2-1-3/h1-10H,11H2;2-4H,1H3;2*2H. The van der Waals surface area contributed by atoms with Gasteiger partial charge >= 0.3 is 0 Å².